The van der Waals surface area contributed by atoms with Gasteiger partial charge in [-0.2, -0.15) is 0 Å². The van der Waals surface area contributed by atoms with Crippen molar-refractivity contribution in [2.75, 3.05) is 11.4 Å². The Hall–Kier alpha value is -0.900. The third kappa shape index (κ3) is 2.31. The van der Waals surface area contributed by atoms with Crippen LogP contribution in [0, 0.1) is 11.8 Å². The lowest BCUT2D eigenvalue weighted by molar-refractivity contribution is 0.0976. The van der Waals surface area contributed by atoms with Crippen molar-refractivity contribution in [3.05, 3.63) is 10.6 Å². The summed E-state index contributed by atoms with van der Waals surface area (Å²) < 4.78 is 0. The summed E-state index contributed by atoms with van der Waals surface area (Å²) in [4.78, 5) is 20.1. The molecule has 19 heavy (non-hydrogen) atoms. The smallest absolute Gasteiger partial charge is 0.186 e. The third-order valence-electron chi connectivity index (χ3n) is 4.60. The SMILES string of the molecule is CC1CC(C)C(C)N(c2nc3c(s2)C(=O)CCC3)C1. The highest BCUT2D eigenvalue weighted by molar-refractivity contribution is 7.17. The van der Waals surface area contributed by atoms with E-state index < -0.39 is 0 Å². The summed E-state index contributed by atoms with van der Waals surface area (Å²) >= 11 is 1.62. The Bertz CT molecular complexity index is 496. The number of thiazole rings is 1. The lowest BCUT2D eigenvalue weighted by atomic mass is 9.86. The molecule has 104 valence electrons. The Morgan fingerprint density at radius 2 is 2.05 bits per heavy atom. The van der Waals surface area contributed by atoms with Gasteiger partial charge in [0.05, 0.1) is 10.6 Å². The maximum atomic E-state index is 11.9. The zero-order valence-electron chi connectivity index (χ0n) is 12.0. The number of carbonyl (C=O) groups is 1. The number of hydrogen-bond donors (Lipinski definition) is 0. The van der Waals surface area contributed by atoms with Crippen molar-refractivity contribution < 1.29 is 4.79 Å². The van der Waals surface area contributed by atoms with Crippen molar-refractivity contribution >= 4 is 22.3 Å². The van der Waals surface area contributed by atoms with Gasteiger partial charge < -0.3 is 4.90 Å². The molecule has 0 amide bonds. The Labute approximate surface area is 119 Å². The Balaban J connectivity index is 1.91. The van der Waals surface area contributed by atoms with Crippen molar-refractivity contribution in [2.24, 2.45) is 11.8 Å². The molecule has 2 aliphatic rings. The molecular formula is C15H22N2OS. The first-order valence-corrected chi connectivity index (χ1v) is 8.17. The van der Waals surface area contributed by atoms with Gasteiger partial charge in [-0.15, -0.1) is 0 Å². The maximum absolute atomic E-state index is 11.9. The molecule has 3 unspecified atom stereocenters. The average molecular weight is 278 g/mol. The molecular weight excluding hydrogens is 256 g/mol. The molecule has 1 aliphatic carbocycles. The van der Waals surface area contributed by atoms with Crippen molar-refractivity contribution in [2.45, 2.75) is 52.5 Å². The molecule has 3 atom stereocenters. The van der Waals surface area contributed by atoms with Crippen LogP contribution < -0.4 is 4.90 Å². The highest BCUT2D eigenvalue weighted by Gasteiger charge is 2.32. The van der Waals surface area contributed by atoms with E-state index >= 15 is 0 Å². The molecule has 3 nitrogen and oxygen atoms in total. The van der Waals surface area contributed by atoms with Crippen LogP contribution in [0.5, 0.6) is 0 Å². The lowest BCUT2D eigenvalue weighted by Crippen LogP contribution is -2.45. The van der Waals surface area contributed by atoms with E-state index in [1.54, 1.807) is 11.3 Å². The molecule has 2 heterocycles. The van der Waals surface area contributed by atoms with Gasteiger partial charge in [-0.25, -0.2) is 4.98 Å². The fourth-order valence-electron chi connectivity index (χ4n) is 3.35. The first kappa shape index (κ1) is 13.1. The molecule has 0 N–H and O–H groups in total. The number of Topliss-reactive ketones (excluding diaryl/α,β-unsaturated/α-hetero) is 1. The van der Waals surface area contributed by atoms with Crippen molar-refractivity contribution in [1.29, 1.82) is 0 Å². The topological polar surface area (TPSA) is 33.2 Å². The van der Waals surface area contributed by atoms with E-state index in [0.717, 1.165) is 35.1 Å². The van der Waals surface area contributed by atoms with E-state index in [2.05, 4.69) is 25.7 Å². The van der Waals surface area contributed by atoms with Gasteiger partial charge in [0, 0.05) is 19.0 Å². The molecule has 1 saturated heterocycles. The molecule has 0 bridgehead atoms. The van der Waals surface area contributed by atoms with Gasteiger partial charge in [0.1, 0.15) is 0 Å². The fourth-order valence-corrected chi connectivity index (χ4v) is 4.52. The van der Waals surface area contributed by atoms with E-state index in [-0.39, 0.29) is 0 Å². The largest absolute Gasteiger partial charge is 0.345 e. The van der Waals surface area contributed by atoms with Gasteiger partial charge in [0.2, 0.25) is 0 Å². The van der Waals surface area contributed by atoms with E-state index in [1.165, 1.54) is 6.42 Å². The molecule has 0 spiro atoms. The van der Waals surface area contributed by atoms with Crippen LogP contribution in [0.1, 0.15) is 55.4 Å². The highest BCUT2D eigenvalue weighted by atomic mass is 32.1. The van der Waals surface area contributed by atoms with Gasteiger partial charge in [0.25, 0.3) is 0 Å². The summed E-state index contributed by atoms with van der Waals surface area (Å²) in [5.41, 5.74) is 1.05. The monoisotopic (exact) mass is 278 g/mol. The minimum atomic E-state index is 0.302. The maximum Gasteiger partial charge on any atom is 0.186 e. The Morgan fingerprint density at radius 1 is 1.26 bits per heavy atom. The van der Waals surface area contributed by atoms with E-state index in [9.17, 15) is 4.79 Å². The molecule has 0 saturated carbocycles. The van der Waals surface area contributed by atoms with E-state index in [4.69, 9.17) is 4.98 Å². The number of aryl methyl sites for hydroxylation is 1. The standard InChI is InChI=1S/C15H22N2OS/c1-9-7-10(2)11(3)17(8-9)15-16-12-5-4-6-13(18)14(12)19-15/h9-11H,4-8H2,1-3H3. The predicted octanol–water partition coefficient (Wildman–Crippen LogP) is 3.53. The van der Waals surface area contributed by atoms with Crippen molar-refractivity contribution in [3.63, 3.8) is 0 Å². The zero-order chi connectivity index (χ0) is 13.6. The number of anilines is 1. The van der Waals surface area contributed by atoms with Crippen molar-refractivity contribution in [1.82, 2.24) is 4.98 Å². The quantitative estimate of drug-likeness (QED) is 0.788. The molecule has 0 aromatic carbocycles. The summed E-state index contributed by atoms with van der Waals surface area (Å²) in [5, 5.41) is 1.08. The summed E-state index contributed by atoms with van der Waals surface area (Å²) in [6.45, 7) is 8.00. The first-order valence-electron chi connectivity index (χ1n) is 7.35. The van der Waals surface area contributed by atoms with Gasteiger partial charge in [-0.3, -0.25) is 4.79 Å². The summed E-state index contributed by atoms with van der Waals surface area (Å²) in [6, 6.07) is 0.527. The zero-order valence-corrected chi connectivity index (χ0v) is 12.8. The summed E-state index contributed by atoms with van der Waals surface area (Å²) in [7, 11) is 0. The number of rotatable bonds is 1. The average Bonchev–Trinajstić information content (AvgIpc) is 2.79. The van der Waals surface area contributed by atoms with E-state index in [1.807, 2.05) is 0 Å². The van der Waals surface area contributed by atoms with Crippen LogP contribution in [0.4, 0.5) is 5.13 Å². The molecule has 1 aromatic rings. The Morgan fingerprint density at radius 3 is 2.79 bits per heavy atom. The number of ketones is 1. The second-order valence-electron chi connectivity index (χ2n) is 6.26. The molecule has 4 heteroatoms. The molecule has 0 radical (unpaired) electrons. The van der Waals surface area contributed by atoms with Crippen LogP contribution in [0.15, 0.2) is 0 Å². The van der Waals surface area contributed by atoms with Crippen LogP contribution in [-0.2, 0) is 6.42 Å². The highest BCUT2D eigenvalue weighted by Crippen LogP contribution is 2.37. The van der Waals surface area contributed by atoms with E-state index in [0.29, 0.717) is 30.1 Å². The van der Waals surface area contributed by atoms with Crippen molar-refractivity contribution in [3.8, 4) is 0 Å². The van der Waals surface area contributed by atoms with Crippen LogP contribution in [-0.4, -0.2) is 23.4 Å². The van der Waals surface area contributed by atoms with Gasteiger partial charge in [-0.1, -0.05) is 25.2 Å². The predicted molar refractivity (Wildman–Crippen MR) is 79.1 cm³/mol. The van der Waals surface area contributed by atoms with Gasteiger partial charge >= 0.3 is 0 Å². The van der Waals surface area contributed by atoms with Crippen LogP contribution in [0.25, 0.3) is 0 Å². The van der Waals surface area contributed by atoms with Crippen LogP contribution in [0.3, 0.4) is 0 Å². The van der Waals surface area contributed by atoms with Gasteiger partial charge in [0.15, 0.2) is 10.9 Å². The van der Waals surface area contributed by atoms with Crippen LogP contribution >= 0.6 is 11.3 Å². The van der Waals surface area contributed by atoms with Crippen LogP contribution in [0.2, 0.25) is 0 Å². The van der Waals surface area contributed by atoms with Gasteiger partial charge in [-0.05, 0) is 38.0 Å². The normalized spacial score (nSPS) is 31.4. The molecule has 1 aromatic heterocycles. The number of piperidine rings is 1. The first-order chi connectivity index (χ1) is 9.06. The number of fused-ring (bicyclic) bond motifs is 1. The fraction of sp³-hybridized carbons (Fsp3) is 0.733. The number of hydrogen-bond acceptors (Lipinski definition) is 4. The second-order valence-corrected chi connectivity index (χ2v) is 7.24. The second kappa shape index (κ2) is 4.89. The number of carbonyl (C=O) groups excluding carboxylic acids is 1. The third-order valence-corrected chi connectivity index (χ3v) is 5.78. The minimum absolute atomic E-state index is 0.302. The minimum Gasteiger partial charge on any atom is -0.345 e. The number of nitrogens with zero attached hydrogens (tertiary/aromatic N) is 2. The number of aromatic nitrogens is 1. The summed E-state index contributed by atoms with van der Waals surface area (Å²) in [6.07, 6.45) is 3.95. The summed E-state index contributed by atoms with van der Waals surface area (Å²) in [5.74, 6) is 1.71. The Kier molecular flexibility index (Phi) is 3.37. The molecule has 1 aliphatic heterocycles. The lowest BCUT2D eigenvalue weighted by Gasteiger charge is -2.41. The molecule has 1 fully saturated rings. The molecule has 3 rings (SSSR count).